The average molecular weight is 336 g/mol. The van der Waals surface area contributed by atoms with Crippen LogP contribution < -0.4 is 10.6 Å². The Kier molecular flexibility index (Phi) is 8.01. The van der Waals surface area contributed by atoms with E-state index >= 15 is 0 Å². The van der Waals surface area contributed by atoms with Crippen LogP contribution in [0.25, 0.3) is 0 Å². The zero-order chi connectivity index (χ0) is 17.2. The van der Waals surface area contributed by atoms with Gasteiger partial charge in [-0.25, -0.2) is 4.79 Å². The van der Waals surface area contributed by atoms with Gasteiger partial charge in [0, 0.05) is 18.8 Å². The largest absolute Gasteiger partial charge is 0.376 e. The Balaban J connectivity index is 1.68. The minimum absolute atomic E-state index is 0.142. The maximum Gasteiger partial charge on any atom is 0.319 e. The first-order valence-electron chi connectivity index (χ1n) is 8.58. The zero-order valence-corrected chi connectivity index (χ0v) is 14.5. The molecule has 24 heavy (non-hydrogen) atoms. The summed E-state index contributed by atoms with van der Waals surface area (Å²) < 4.78 is 16.5. The van der Waals surface area contributed by atoms with E-state index in [2.05, 4.69) is 10.6 Å². The van der Waals surface area contributed by atoms with E-state index in [4.69, 9.17) is 14.2 Å². The summed E-state index contributed by atoms with van der Waals surface area (Å²) in [7, 11) is 0. The number of carbonyl (C=O) groups is 1. The molecule has 1 unspecified atom stereocenters. The molecule has 2 rings (SSSR count). The summed E-state index contributed by atoms with van der Waals surface area (Å²) in [5.41, 5.74) is 1.76. The number of urea groups is 1. The van der Waals surface area contributed by atoms with Gasteiger partial charge in [0.1, 0.15) is 0 Å². The number of carbonyl (C=O) groups excluding carboxylic acids is 1. The van der Waals surface area contributed by atoms with Crippen molar-refractivity contribution in [1.82, 2.24) is 5.32 Å². The lowest BCUT2D eigenvalue weighted by molar-refractivity contribution is 0.0143. The highest BCUT2D eigenvalue weighted by Crippen LogP contribution is 2.13. The zero-order valence-electron chi connectivity index (χ0n) is 14.5. The van der Waals surface area contributed by atoms with Gasteiger partial charge in [-0.2, -0.15) is 0 Å². The smallest absolute Gasteiger partial charge is 0.319 e. The van der Waals surface area contributed by atoms with Crippen LogP contribution in [0.2, 0.25) is 0 Å². The van der Waals surface area contributed by atoms with Crippen LogP contribution in [-0.2, 0) is 20.8 Å². The number of amides is 2. The first-order valence-corrected chi connectivity index (χ1v) is 8.58. The third kappa shape index (κ3) is 7.29. The molecular weight excluding hydrogens is 308 g/mol. The van der Waals surface area contributed by atoms with Crippen LogP contribution in [0.15, 0.2) is 24.3 Å². The predicted molar refractivity (Wildman–Crippen MR) is 93.2 cm³/mol. The SMILES string of the molecule is CC(C)OCCOCc1cccc(NC(=O)NCC2CCCO2)c1. The van der Waals surface area contributed by atoms with E-state index in [-0.39, 0.29) is 18.2 Å². The molecule has 6 heteroatoms. The number of hydrogen-bond acceptors (Lipinski definition) is 4. The van der Waals surface area contributed by atoms with Gasteiger partial charge < -0.3 is 24.8 Å². The van der Waals surface area contributed by atoms with Gasteiger partial charge in [0.25, 0.3) is 0 Å². The molecule has 1 fully saturated rings. The van der Waals surface area contributed by atoms with Gasteiger partial charge in [-0.15, -0.1) is 0 Å². The monoisotopic (exact) mass is 336 g/mol. The molecule has 0 radical (unpaired) electrons. The molecule has 1 aromatic carbocycles. The Morgan fingerprint density at radius 2 is 2.25 bits per heavy atom. The van der Waals surface area contributed by atoms with Gasteiger partial charge in [0.05, 0.1) is 32.0 Å². The van der Waals surface area contributed by atoms with Crippen LogP contribution in [0, 0.1) is 0 Å². The summed E-state index contributed by atoms with van der Waals surface area (Å²) in [6.07, 6.45) is 2.43. The Morgan fingerprint density at radius 1 is 1.38 bits per heavy atom. The summed E-state index contributed by atoms with van der Waals surface area (Å²) in [5, 5.41) is 5.68. The number of benzene rings is 1. The third-order valence-electron chi connectivity index (χ3n) is 3.65. The molecule has 2 N–H and O–H groups in total. The first-order chi connectivity index (χ1) is 11.6. The maximum absolute atomic E-state index is 11.9. The first kappa shape index (κ1) is 18.7. The van der Waals surface area contributed by atoms with E-state index < -0.39 is 0 Å². The molecule has 1 saturated heterocycles. The number of anilines is 1. The summed E-state index contributed by atoms with van der Waals surface area (Å²) in [4.78, 5) is 11.9. The Labute approximate surface area is 143 Å². The molecule has 2 amide bonds. The van der Waals surface area contributed by atoms with Crippen molar-refractivity contribution in [3.8, 4) is 0 Å². The van der Waals surface area contributed by atoms with E-state index in [0.717, 1.165) is 30.7 Å². The highest BCUT2D eigenvalue weighted by molar-refractivity contribution is 5.89. The molecule has 1 heterocycles. The Morgan fingerprint density at radius 3 is 3.00 bits per heavy atom. The highest BCUT2D eigenvalue weighted by Gasteiger charge is 2.16. The molecule has 1 aliphatic heterocycles. The standard InChI is InChI=1S/C18H28N2O4/c1-14(2)23-10-9-22-13-15-5-3-6-16(11-15)20-18(21)19-12-17-7-4-8-24-17/h3,5-6,11,14,17H,4,7-10,12-13H2,1-2H3,(H2,19,20,21). The van der Waals surface area contributed by atoms with Gasteiger partial charge in [0.15, 0.2) is 0 Å². The van der Waals surface area contributed by atoms with E-state index in [9.17, 15) is 4.79 Å². The van der Waals surface area contributed by atoms with Gasteiger partial charge >= 0.3 is 6.03 Å². The van der Waals surface area contributed by atoms with E-state index in [1.807, 2.05) is 38.1 Å². The van der Waals surface area contributed by atoms with Crippen molar-refractivity contribution in [3.05, 3.63) is 29.8 Å². The van der Waals surface area contributed by atoms with E-state index in [1.54, 1.807) is 0 Å². The molecule has 6 nitrogen and oxygen atoms in total. The molecule has 0 saturated carbocycles. The molecule has 1 aliphatic rings. The third-order valence-corrected chi connectivity index (χ3v) is 3.65. The number of nitrogens with one attached hydrogen (secondary N) is 2. The normalized spacial score (nSPS) is 17.2. The fourth-order valence-corrected chi connectivity index (χ4v) is 2.46. The molecule has 0 aromatic heterocycles. The van der Waals surface area contributed by atoms with Gasteiger partial charge in [-0.3, -0.25) is 0 Å². The molecular formula is C18H28N2O4. The summed E-state index contributed by atoms with van der Waals surface area (Å²) in [5.74, 6) is 0. The van der Waals surface area contributed by atoms with Crippen molar-refractivity contribution >= 4 is 11.7 Å². The van der Waals surface area contributed by atoms with Crippen molar-refractivity contribution in [2.45, 2.75) is 45.5 Å². The lowest BCUT2D eigenvalue weighted by Gasteiger charge is -2.12. The van der Waals surface area contributed by atoms with Crippen LogP contribution in [0.3, 0.4) is 0 Å². The fourth-order valence-electron chi connectivity index (χ4n) is 2.46. The van der Waals surface area contributed by atoms with Crippen molar-refractivity contribution in [2.24, 2.45) is 0 Å². The van der Waals surface area contributed by atoms with E-state index in [1.165, 1.54) is 0 Å². The van der Waals surface area contributed by atoms with Crippen molar-refractivity contribution < 1.29 is 19.0 Å². The van der Waals surface area contributed by atoms with Crippen molar-refractivity contribution in [1.29, 1.82) is 0 Å². The van der Waals surface area contributed by atoms with Crippen molar-refractivity contribution in [2.75, 3.05) is 31.7 Å². The quantitative estimate of drug-likeness (QED) is 0.680. The lowest BCUT2D eigenvalue weighted by atomic mass is 10.2. The number of hydrogen-bond donors (Lipinski definition) is 2. The van der Waals surface area contributed by atoms with Crippen LogP contribution in [-0.4, -0.2) is 44.6 Å². The minimum Gasteiger partial charge on any atom is -0.376 e. The Hall–Kier alpha value is -1.63. The number of rotatable bonds is 9. The molecule has 0 aliphatic carbocycles. The van der Waals surface area contributed by atoms with Crippen LogP contribution in [0.1, 0.15) is 32.3 Å². The van der Waals surface area contributed by atoms with Gasteiger partial charge in [0.2, 0.25) is 0 Å². The molecule has 1 aromatic rings. The second kappa shape index (κ2) is 10.3. The van der Waals surface area contributed by atoms with Gasteiger partial charge in [-0.05, 0) is 44.4 Å². The second-order valence-electron chi connectivity index (χ2n) is 6.14. The summed E-state index contributed by atoms with van der Waals surface area (Å²) in [6, 6.07) is 7.43. The Bertz CT molecular complexity index is 502. The minimum atomic E-state index is -0.214. The number of ether oxygens (including phenoxy) is 3. The van der Waals surface area contributed by atoms with Crippen LogP contribution >= 0.6 is 0 Å². The lowest BCUT2D eigenvalue weighted by Crippen LogP contribution is -2.35. The van der Waals surface area contributed by atoms with Crippen LogP contribution in [0.5, 0.6) is 0 Å². The average Bonchev–Trinajstić information content (AvgIpc) is 3.06. The van der Waals surface area contributed by atoms with Gasteiger partial charge in [-0.1, -0.05) is 12.1 Å². The van der Waals surface area contributed by atoms with Crippen LogP contribution in [0.4, 0.5) is 10.5 Å². The molecule has 0 spiro atoms. The summed E-state index contributed by atoms with van der Waals surface area (Å²) in [6.45, 7) is 6.97. The maximum atomic E-state index is 11.9. The second-order valence-corrected chi connectivity index (χ2v) is 6.14. The topological polar surface area (TPSA) is 68.8 Å². The molecule has 1 atom stereocenters. The molecule has 0 bridgehead atoms. The summed E-state index contributed by atoms with van der Waals surface area (Å²) >= 11 is 0. The fraction of sp³-hybridized carbons (Fsp3) is 0.611. The molecule has 134 valence electrons. The van der Waals surface area contributed by atoms with Crippen molar-refractivity contribution in [3.63, 3.8) is 0 Å². The predicted octanol–water partition coefficient (Wildman–Crippen LogP) is 2.93. The van der Waals surface area contributed by atoms with E-state index in [0.29, 0.717) is 26.4 Å². The highest BCUT2D eigenvalue weighted by atomic mass is 16.5.